The van der Waals surface area contributed by atoms with E-state index in [-0.39, 0.29) is 41.6 Å². The Morgan fingerprint density at radius 3 is 2.40 bits per heavy atom. The van der Waals surface area contributed by atoms with Gasteiger partial charge in [0.2, 0.25) is 5.91 Å². The summed E-state index contributed by atoms with van der Waals surface area (Å²) in [5, 5.41) is 3.10. The molecule has 4 atom stereocenters. The third-order valence-electron chi connectivity index (χ3n) is 8.69. The van der Waals surface area contributed by atoms with Crippen LogP contribution >= 0.6 is 0 Å². The summed E-state index contributed by atoms with van der Waals surface area (Å²) < 4.78 is 5.69. The minimum Gasteiger partial charge on any atom is -0.369 e. The fraction of sp³-hybridized carbons (Fsp3) is 0.667. The van der Waals surface area contributed by atoms with E-state index in [1.165, 1.54) is 0 Å². The standard InChI is InChI=1S/C27H38N4O4/c1-18-16-31(22-21(32)17-35-23(18)22)26(34)24(27(2)10-4-5-11-27)28-25(33)19-6-8-20(9-7-19)30-14-12-29(3)13-15-30/h6-9,18,22-24H,4-5,10-17H2,1-3H3,(H,28,33)/t18-,22+,23+,24+/m0/s1. The van der Waals surface area contributed by atoms with Gasteiger partial charge in [0.05, 0.1) is 6.10 Å². The minimum absolute atomic E-state index is 0.0335. The summed E-state index contributed by atoms with van der Waals surface area (Å²) in [7, 11) is 2.13. The smallest absolute Gasteiger partial charge is 0.251 e. The molecule has 0 spiro atoms. The van der Waals surface area contributed by atoms with Crippen molar-refractivity contribution in [3.8, 4) is 0 Å². The molecule has 1 aromatic carbocycles. The second-order valence-corrected chi connectivity index (χ2v) is 11.3. The van der Waals surface area contributed by atoms with E-state index in [2.05, 4.69) is 29.1 Å². The van der Waals surface area contributed by atoms with Gasteiger partial charge in [-0.2, -0.15) is 0 Å². The number of likely N-dealkylation sites (N-methyl/N-ethyl adjacent to an activating group) is 1. The number of nitrogens with zero attached hydrogens (tertiary/aromatic N) is 3. The minimum atomic E-state index is -0.658. The highest BCUT2D eigenvalue weighted by Crippen LogP contribution is 2.42. The van der Waals surface area contributed by atoms with Crippen LogP contribution in [0.2, 0.25) is 0 Å². The molecule has 0 bridgehead atoms. The Bertz CT molecular complexity index is 966. The van der Waals surface area contributed by atoms with Crippen LogP contribution < -0.4 is 10.2 Å². The Kier molecular flexibility index (Phi) is 6.61. The number of amides is 2. The number of carbonyl (C=O) groups is 3. The Hall–Kier alpha value is -2.45. The van der Waals surface area contributed by atoms with Gasteiger partial charge < -0.3 is 24.8 Å². The van der Waals surface area contributed by atoms with Crippen molar-refractivity contribution in [2.75, 3.05) is 51.3 Å². The average molecular weight is 483 g/mol. The largest absolute Gasteiger partial charge is 0.369 e. The van der Waals surface area contributed by atoms with Crippen molar-refractivity contribution in [1.82, 2.24) is 15.1 Å². The van der Waals surface area contributed by atoms with Crippen LogP contribution in [0.5, 0.6) is 0 Å². The predicted octanol–water partition coefficient (Wildman–Crippen LogP) is 1.93. The predicted molar refractivity (Wildman–Crippen MR) is 133 cm³/mol. The summed E-state index contributed by atoms with van der Waals surface area (Å²) in [5.41, 5.74) is 1.34. The Morgan fingerprint density at radius 1 is 1.09 bits per heavy atom. The summed E-state index contributed by atoms with van der Waals surface area (Å²) in [4.78, 5) is 46.2. The first-order valence-corrected chi connectivity index (χ1v) is 13.1. The number of ether oxygens (including phenoxy) is 1. The number of benzene rings is 1. The third kappa shape index (κ3) is 4.58. The van der Waals surface area contributed by atoms with Gasteiger partial charge in [0.15, 0.2) is 5.78 Å². The molecule has 2 amide bonds. The number of piperazine rings is 1. The summed E-state index contributed by atoms with van der Waals surface area (Å²) in [6.07, 6.45) is 3.61. The van der Waals surface area contributed by atoms with Gasteiger partial charge in [-0.25, -0.2) is 0 Å². The molecular formula is C27H38N4O4. The van der Waals surface area contributed by atoms with E-state index in [4.69, 9.17) is 4.74 Å². The van der Waals surface area contributed by atoms with Gasteiger partial charge in [-0.1, -0.05) is 26.7 Å². The topological polar surface area (TPSA) is 82.2 Å². The highest BCUT2D eigenvalue weighted by atomic mass is 16.5. The molecule has 1 aliphatic carbocycles. The van der Waals surface area contributed by atoms with E-state index in [1.54, 1.807) is 4.90 Å². The van der Waals surface area contributed by atoms with Gasteiger partial charge in [0, 0.05) is 49.9 Å². The van der Waals surface area contributed by atoms with Crippen LogP contribution in [0.4, 0.5) is 5.69 Å². The molecule has 3 saturated heterocycles. The number of ketones is 1. The molecule has 8 nitrogen and oxygen atoms in total. The number of hydrogen-bond donors (Lipinski definition) is 1. The van der Waals surface area contributed by atoms with Crippen molar-refractivity contribution in [3.63, 3.8) is 0 Å². The number of anilines is 1. The van der Waals surface area contributed by atoms with Gasteiger partial charge in [-0.05, 0) is 49.6 Å². The number of carbonyl (C=O) groups excluding carboxylic acids is 3. The van der Waals surface area contributed by atoms with Gasteiger partial charge in [0.25, 0.3) is 5.91 Å². The summed E-state index contributed by atoms with van der Waals surface area (Å²) in [5.74, 6) is -0.312. The number of hydrogen-bond acceptors (Lipinski definition) is 6. The SMILES string of the molecule is C[C@H]1CN(C(=O)[C@@H](NC(=O)c2ccc(N3CCN(C)CC3)cc2)C2(C)CCCC2)[C@@H]2C(=O)CO[C@@H]21. The second-order valence-electron chi connectivity index (χ2n) is 11.3. The zero-order chi connectivity index (χ0) is 24.7. The lowest BCUT2D eigenvalue weighted by atomic mass is 9.79. The third-order valence-corrected chi connectivity index (χ3v) is 8.69. The number of fused-ring (bicyclic) bond motifs is 1. The molecule has 4 aliphatic rings. The van der Waals surface area contributed by atoms with Crippen molar-refractivity contribution in [2.45, 2.75) is 57.7 Å². The lowest BCUT2D eigenvalue weighted by Gasteiger charge is -2.37. The number of nitrogens with one attached hydrogen (secondary N) is 1. The van der Waals surface area contributed by atoms with E-state index in [0.717, 1.165) is 57.5 Å². The molecule has 0 radical (unpaired) electrons. The maximum absolute atomic E-state index is 13.9. The highest BCUT2D eigenvalue weighted by Gasteiger charge is 2.54. The van der Waals surface area contributed by atoms with Crippen LogP contribution in [-0.2, 0) is 14.3 Å². The van der Waals surface area contributed by atoms with Crippen molar-refractivity contribution in [2.24, 2.45) is 11.3 Å². The molecule has 8 heteroatoms. The molecule has 5 rings (SSSR count). The monoisotopic (exact) mass is 482 g/mol. The zero-order valence-electron chi connectivity index (χ0n) is 21.2. The zero-order valence-corrected chi connectivity index (χ0v) is 21.2. The molecule has 4 fully saturated rings. The van der Waals surface area contributed by atoms with E-state index < -0.39 is 12.1 Å². The normalized spacial score (nSPS) is 29.3. The summed E-state index contributed by atoms with van der Waals surface area (Å²) in [6.45, 7) is 8.66. The van der Waals surface area contributed by atoms with Crippen LogP contribution in [-0.4, -0.2) is 92.0 Å². The van der Waals surface area contributed by atoms with Crippen LogP contribution in [0, 0.1) is 11.3 Å². The highest BCUT2D eigenvalue weighted by molar-refractivity contribution is 5.99. The molecule has 1 N–H and O–H groups in total. The average Bonchev–Trinajstić information content (AvgIpc) is 3.55. The van der Waals surface area contributed by atoms with Crippen LogP contribution in [0.1, 0.15) is 49.9 Å². The van der Waals surface area contributed by atoms with E-state index in [0.29, 0.717) is 12.1 Å². The first kappa shape index (κ1) is 24.3. The molecule has 3 aliphatic heterocycles. The molecular weight excluding hydrogens is 444 g/mol. The molecule has 1 saturated carbocycles. The first-order valence-electron chi connectivity index (χ1n) is 13.1. The number of Topliss-reactive ketones (excluding diaryl/α,β-unsaturated/α-hetero) is 1. The second kappa shape index (κ2) is 9.54. The van der Waals surface area contributed by atoms with Crippen molar-refractivity contribution in [3.05, 3.63) is 29.8 Å². The number of likely N-dealkylation sites (tertiary alicyclic amines) is 1. The van der Waals surface area contributed by atoms with Crippen molar-refractivity contribution in [1.29, 1.82) is 0 Å². The van der Waals surface area contributed by atoms with Crippen LogP contribution in [0.3, 0.4) is 0 Å². The lowest BCUT2D eigenvalue weighted by Crippen LogP contribution is -2.57. The van der Waals surface area contributed by atoms with E-state index >= 15 is 0 Å². The Morgan fingerprint density at radius 2 is 1.74 bits per heavy atom. The van der Waals surface area contributed by atoms with Crippen LogP contribution in [0.25, 0.3) is 0 Å². The quantitative estimate of drug-likeness (QED) is 0.691. The summed E-state index contributed by atoms with van der Waals surface area (Å²) in [6, 6.07) is 6.51. The Labute approximate surface area is 207 Å². The molecule has 35 heavy (non-hydrogen) atoms. The molecule has 1 aromatic rings. The van der Waals surface area contributed by atoms with Crippen molar-refractivity contribution >= 4 is 23.3 Å². The van der Waals surface area contributed by atoms with Gasteiger partial charge in [-0.15, -0.1) is 0 Å². The fourth-order valence-corrected chi connectivity index (χ4v) is 6.39. The molecule has 3 heterocycles. The van der Waals surface area contributed by atoms with Crippen molar-refractivity contribution < 1.29 is 19.1 Å². The lowest BCUT2D eigenvalue weighted by molar-refractivity contribution is -0.140. The molecule has 0 unspecified atom stereocenters. The van der Waals surface area contributed by atoms with E-state index in [1.807, 2.05) is 31.2 Å². The molecule has 0 aromatic heterocycles. The number of rotatable bonds is 5. The molecule has 190 valence electrons. The van der Waals surface area contributed by atoms with E-state index in [9.17, 15) is 14.4 Å². The Balaban J connectivity index is 1.33. The summed E-state index contributed by atoms with van der Waals surface area (Å²) >= 11 is 0. The van der Waals surface area contributed by atoms with Gasteiger partial charge >= 0.3 is 0 Å². The van der Waals surface area contributed by atoms with Gasteiger partial charge in [-0.3, -0.25) is 14.4 Å². The van der Waals surface area contributed by atoms with Crippen LogP contribution in [0.15, 0.2) is 24.3 Å². The fourth-order valence-electron chi connectivity index (χ4n) is 6.39. The maximum Gasteiger partial charge on any atom is 0.251 e. The maximum atomic E-state index is 13.9. The first-order chi connectivity index (χ1) is 16.8. The van der Waals surface area contributed by atoms with Gasteiger partial charge in [0.1, 0.15) is 18.7 Å².